The van der Waals surface area contributed by atoms with E-state index in [1.165, 1.54) is 12.1 Å². The summed E-state index contributed by atoms with van der Waals surface area (Å²) >= 11 is 0. The lowest BCUT2D eigenvalue weighted by Gasteiger charge is -2.16. The molecule has 92 valence electrons. The fourth-order valence-electron chi connectivity index (χ4n) is 1.66. The molecule has 0 aromatic heterocycles. The van der Waals surface area contributed by atoms with Crippen molar-refractivity contribution in [1.29, 1.82) is 0 Å². The van der Waals surface area contributed by atoms with E-state index in [-0.39, 0.29) is 5.75 Å². The van der Waals surface area contributed by atoms with Gasteiger partial charge in [-0.25, -0.2) is 4.79 Å². The molecule has 3 N–H and O–H groups in total. The van der Waals surface area contributed by atoms with Crippen molar-refractivity contribution >= 4 is 11.7 Å². The van der Waals surface area contributed by atoms with Gasteiger partial charge in [-0.2, -0.15) is 0 Å². The van der Waals surface area contributed by atoms with Crippen LogP contribution in [0.4, 0.5) is 5.69 Å². The summed E-state index contributed by atoms with van der Waals surface area (Å²) < 4.78 is 0. The molecule has 0 amide bonds. The summed E-state index contributed by atoms with van der Waals surface area (Å²) in [6.07, 6.45) is 0. The Morgan fingerprint density at radius 1 is 1.00 bits per heavy atom. The lowest BCUT2D eigenvalue weighted by molar-refractivity contribution is -0.138. The van der Waals surface area contributed by atoms with Crippen LogP contribution in [-0.2, 0) is 4.79 Å². The predicted octanol–water partition coefficient (Wildman–Crippen LogP) is 2.63. The monoisotopic (exact) mass is 243 g/mol. The number of hydrogen-bond acceptors (Lipinski definition) is 3. The molecule has 0 aliphatic rings. The van der Waals surface area contributed by atoms with Gasteiger partial charge in [0.15, 0.2) is 6.04 Å². The van der Waals surface area contributed by atoms with E-state index >= 15 is 0 Å². The third kappa shape index (κ3) is 2.79. The number of hydrogen-bond donors (Lipinski definition) is 3. The number of nitrogens with one attached hydrogen (secondary N) is 1. The zero-order chi connectivity index (χ0) is 13.0. The van der Waals surface area contributed by atoms with Gasteiger partial charge in [0.25, 0.3) is 0 Å². The van der Waals surface area contributed by atoms with Gasteiger partial charge in [-0.3, -0.25) is 0 Å². The highest BCUT2D eigenvalue weighted by Crippen LogP contribution is 2.21. The highest BCUT2D eigenvalue weighted by molar-refractivity contribution is 5.79. The van der Waals surface area contributed by atoms with E-state index in [9.17, 15) is 15.0 Å². The van der Waals surface area contributed by atoms with E-state index in [0.717, 1.165) is 5.69 Å². The van der Waals surface area contributed by atoms with Crippen LogP contribution in [0, 0.1) is 0 Å². The van der Waals surface area contributed by atoms with Gasteiger partial charge in [0, 0.05) is 5.69 Å². The van der Waals surface area contributed by atoms with Gasteiger partial charge >= 0.3 is 5.97 Å². The predicted molar refractivity (Wildman–Crippen MR) is 68.5 cm³/mol. The zero-order valence-electron chi connectivity index (χ0n) is 9.58. The average molecular weight is 243 g/mol. The van der Waals surface area contributed by atoms with Crippen LogP contribution in [0.5, 0.6) is 5.75 Å². The van der Waals surface area contributed by atoms with Crippen molar-refractivity contribution in [3.05, 3.63) is 60.2 Å². The minimum Gasteiger partial charge on any atom is -0.508 e. The zero-order valence-corrected chi connectivity index (χ0v) is 9.58. The Balaban J connectivity index is 2.24. The summed E-state index contributed by atoms with van der Waals surface area (Å²) in [5.74, 6) is -0.854. The molecule has 2 rings (SSSR count). The number of carboxylic acid groups (broad SMARTS) is 1. The Labute approximate surface area is 105 Å². The van der Waals surface area contributed by atoms with E-state index in [4.69, 9.17) is 0 Å². The minimum atomic E-state index is -0.968. The fourth-order valence-corrected chi connectivity index (χ4v) is 1.66. The van der Waals surface area contributed by atoms with E-state index < -0.39 is 12.0 Å². The standard InChI is InChI=1S/C14H13NO3/c16-12-8-6-10(7-9-12)13(14(17)18)15-11-4-2-1-3-5-11/h1-9,13,15-16H,(H,17,18). The first kappa shape index (κ1) is 12.0. The second-order valence-electron chi connectivity index (χ2n) is 3.87. The fraction of sp³-hybridized carbons (Fsp3) is 0.0714. The number of carbonyl (C=O) groups is 1. The van der Waals surface area contributed by atoms with Crippen LogP contribution in [0.2, 0.25) is 0 Å². The first-order valence-electron chi connectivity index (χ1n) is 5.50. The molecule has 4 nitrogen and oxygen atoms in total. The van der Waals surface area contributed by atoms with Crippen LogP contribution >= 0.6 is 0 Å². The average Bonchev–Trinajstić information content (AvgIpc) is 2.38. The number of para-hydroxylation sites is 1. The van der Waals surface area contributed by atoms with Crippen molar-refractivity contribution in [3.63, 3.8) is 0 Å². The summed E-state index contributed by atoms with van der Waals surface area (Å²) in [5, 5.41) is 21.4. The Hall–Kier alpha value is -2.49. The number of aliphatic carboxylic acids is 1. The molecule has 0 fully saturated rings. The number of benzene rings is 2. The van der Waals surface area contributed by atoms with E-state index in [0.29, 0.717) is 5.56 Å². The van der Waals surface area contributed by atoms with Crippen LogP contribution < -0.4 is 5.32 Å². The van der Waals surface area contributed by atoms with Gasteiger partial charge in [0.2, 0.25) is 0 Å². The van der Waals surface area contributed by atoms with Gasteiger partial charge in [0.05, 0.1) is 0 Å². The van der Waals surface area contributed by atoms with Crippen LogP contribution in [-0.4, -0.2) is 16.2 Å². The van der Waals surface area contributed by atoms with Crippen LogP contribution in [0.1, 0.15) is 11.6 Å². The Kier molecular flexibility index (Phi) is 3.48. The SMILES string of the molecule is O=C(O)C(Nc1ccccc1)c1ccc(O)cc1. The third-order valence-corrected chi connectivity index (χ3v) is 2.56. The molecule has 0 aliphatic carbocycles. The van der Waals surface area contributed by atoms with Gasteiger partial charge in [0.1, 0.15) is 5.75 Å². The second kappa shape index (κ2) is 5.23. The molecule has 4 heteroatoms. The van der Waals surface area contributed by atoms with Crippen molar-refractivity contribution in [2.24, 2.45) is 0 Å². The van der Waals surface area contributed by atoms with Crippen molar-refractivity contribution in [3.8, 4) is 5.75 Å². The van der Waals surface area contributed by atoms with Crippen molar-refractivity contribution in [2.75, 3.05) is 5.32 Å². The molecule has 2 aromatic carbocycles. The summed E-state index contributed by atoms with van der Waals surface area (Å²) in [6.45, 7) is 0. The summed E-state index contributed by atoms with van der Waals surface area (Å²) in [5.41, 5.74) is 1.32. The third-order valence-electron chi connectivity index (χ3n) is 2.56. The van der Waals surface area contributed by atoms with E-state index in [1.807, 2.05) is 18.2 Å². The molecule has 1 unspecified atom stereocenters. The molecular weight excluding hydrogens is 230 g/mol. The molecule has 0 saturated carbocycles. The Morgan fingerprint density at radius 3 is 2.17 bits per heavy atom. The molecule has 0 spiro atoms. The Morgan fingerprint density at radius 2 is 1.61 bits per heavy atom. The first-order chi connectivity index (χ1) is 8.66. The maximum atomic E-state index is 11.3. The number of phenolic OH excluding ortho intramolecular Hbond substituents is 1. The summed E-state index contributed by atoms with van der Waals surface area (Å²) in [7, 11) is 0. The molecule has 0 radical (unpaired) electrons. The molecule has 0 heterocycles. The molecule has 2 aromatic rings. The molecular formula is C14H13NO3. The summed E-state index contributed by atoms with van der Waals surface area (Å²) in [6, 6.07) is 14.4. The normalized spacial score (nSPS) is 11.8. The molecule has 0 saturated heterocycles. The molecule has 18 heavy (non-hydrogen) atoms. The number of aromatic hydroxyl groups is 1. The van der Waals surface area contributed by atoms with Gasteiger partial charge < -0.3 is 15.5 Å². The lowest BCUT2D eigenvalue weighted by atomic mass is 10.1. The van der Waals surface area contributed by atoms with Crippen molar-refractivity contribution in [2.45, 2.75) is 6.04 Å². The Bertz CT molecular complexity index is 522. The molecule has 0 aliphatic heterocycles. The highest BCUT2D eigenvalue weighted by Gasteiger charge is 2.19. The maximum Gasteiger partial charge on any atom is 0.330 e. The van der Waals surface area contributed by atoms with Crippen LogP contribution in [0.25, 0.3) is 0 Å². The van der Waals surface area contributed by atoms with Crippen LogP contribution in [0.15, 0.2) is 54.6 Å². The highest BCUT2D eigenvalue weighted by atomic mass is 16.4. The largest absolute Gasteiger partial charge is 0.508 e. The van der Waals surface area contributed by atoms with Crippen molar-refractivity contribution < 1.29 is 15.0 Å². The first-order valence-corrected chi connectivity index (χ1v) is 5.50. The maximum absolute atomic E-state index is 11.3. The second-order valence-corrected chi connectivity index (χ2v) is 3.87. The lowest BCUT2D eigenvalue weighted by Crippen LogP contribution is -2.20. The molecule has 1 atom stereocenters. The van der Waals surface area contributed by atoms with E-state index in [1.54, 1.807) is 24.3 Å². The smallest absolute Gasteiger partial charge is 0.330 e. The minimum absolute atomic E-state index is 0.114. The number of anilines is 1. The van der Waals surface area contributed by atoms with Gasteiger partial charge in [-0.05, 0) is 29.8 Å². The van der Waals surface area contributed by atoms with Crippen LogP contribution in [0.3, 0.4) is 0 Å². The summed E-state index contributed by atoms with van der Waals surface area (Å²) in [4.78, 5) is 11.3. The number of rotatable bonds is 4. The van der Waals surface area contributed by atoms with E-state index in [2.05, 4.69) is 5.32 Å². The quantitative estimate of drug-likeness (QED) is 0.772. The van der Waals surface area contributed by atoms with Crippen molar-refractivity contribution in [1.82, 2.24) is 0 Å². The van der Waals surface area contributed by atoms with Gasteiger partial charge in [-0.1, -0.05) is 30.3 Å². The van der Waals surface area contributed by atoms with Gasteiger partial charge in [-0.15, -0.1) is 0 Å². The number of phenols is 1. The molecule has 0 bridgehead atoms. The number of carboxylic acids is 1. The topological polar surface area (TPSA) is 69.6 Å².